The molecule has 0 aromatic rings. The van der Waals surface area contributed by atoms with Crippen LogP contribution >= 0.6 is 0 Å². The molecule has 0 saturated heterocycles. The second kappa shape index (κ2) is 4.92. The van der Waals surface area contributed by atoms with E-state index in [2.05, 4.69) is 11.7 Å². The highest BCUT2D eigenvalue weighted by Crippen LogP contribution is 1.70. The second-order valence-corrected chi connectivity index (χ2v) is 0.757. The lowest BCUT2D eigenvalue weighted by atomic mass is 10.8. The van der Waals surface area contributed by atoms with Crippen LogP contribution in [0, 0.1) is 13.5 Å². The van der Waals surface area contributed by atoms with Crippen molar-refractivity contribution in [1.29, 1.82) is 0 Å². The normalized spacial score (nSPS) is 9.00. The fourth-order valence-electron chi connectivity index (χ4n) is 0.136. The molecule has 0 aliphatic carbocycles. The Bertz CT molecular complexity index is 17.5. The monoisotopic (exact) mass is 88.1 g/mol. The van der Waals surface area contributed by atoms with Crippen molar-refractivity contribution in [2.24, 2.45) is 0 Å². The molecule has 0 amide bonds. The van der Waals surface area contributed by atoms with Crippen LogP contribution in [-0.4, -0.2) is 18.3 Å². The van der Waals surface area contributed by atoms with Gasteiger partial charge in [-0.05, 0) is 6.92 Å². The molecule has 6 heavy (non-hydrogen) atoms. The fraction of sp³-hybridized carbons (Fsp3) is 0.500. The van der Waals surface area contributed by atoms with Crippen LogP contribution in [0.1, 0.15) is 0 Å². The van der Waals surface area contributed by atoms with Gasteiger partial charge in [-0.15, -0.1) is 0 Å². The van der Waals surface area contributed by atoms with Gasteiger partial charge in [0.2, 0.25) is 0 Å². The van der Waals surface area contributed by atoms with Gasteiger partial charge >= 0.3 is 0 Å². The maximum Gasteiger partial charge on any atom is 0.105 e. The summed E-state index contributed by atoms with van der Waals surface area (Å²) >= 11 is 0. The number of aliphatic hydroxyl groups is 1. The van der Waals surface area contributed by atoms with Crippen molar-refractivity contribution in [3.8, 4) is 0 Å². The predicted octanol–water partition coefficient (Wildman–Crippen LogP) is 0.371. The minimum absolute atomic E-state index is 0.281. The van der Waals surface area contributed by atoms with Gasteiger partial charge in [0.1, 0.15) is 6.61 Å². The van der Waals surface area contributed by atoms with Crippen LogP contribution in [-0.2, 0) is 4.74 Å². The van der Waals surface area contributed by atoms with Gasteiger partial charge in [0, 0.05) is 6.61 Å². The molecule has 0 aliphatic heterocycles. The van der Waals surface area contributed by atoms with E-state index in [1.807, 2.05) is 0 Å². The molecule has 0 atom stereocenters. The highest BCUT2D eigenvalue weighted by molar-refractivity contribution is 4.40. The molecule has 0 aliphatic rings. The molecule has 0 spiro atoms. The van der Waals surface area contributed by atoms with Gasteiger partial charge in [-0.1, -0.05) is 0 Å². The third kappa shape index (κ3) is 3.92. The molecule has 0 bridgehead atoms. The number of rotatable bonds is 3. The van der Waals surface area contributed by atoms with Gasteiger partial charge in [-0.3, -0.25) is 0 Å². The molecule has 0 aromatic heterocycles. The molecule has 0 heterocycles. The molecule has 0 fully saturated rings. The van der Waals surface area contributed by atoms with E-state index in [1.165, 1.54) is 0 Å². The molecule has 36 valence electrons. The zero-order valence-corrected chi connectivity index (χ0v) is 3.55. The average Bonchev–Trinajstić information content (AvgIpc) is 1.61. The lowest BCUT2D eigenvalue weighted by Gasteiger charge is -1.90. The van der Waals surface area contributed by atoms with Gasteiger partial charge in [-0.25, -0.2) is 0 Å². The van der Waals surface area contributed by atoms with E-state index in [0.717, 1.165) is 6.61 Å². The maximum absolute atomic E-state index is 7.92. The SMILES string of the molecule is [CH2]COC[CH]O. The van der Waals surface area contributed by atoms with Crippen LogP contribution in [0.3, 0.4) is 0 Å². The third-order valence-corrected chi connectivity index (χ3v) is 0.337. The first-order valence-electron chi connectivity index (χ1n) is 1.74. The van der Waals surface area contributed by atoms with Crippen LogP contribution in [0.5, 0.6) is 0 Å². The number of hydrogen-bond donors (Lipinski definition) is 1. The maximum atomic E-state index is 7.92. The summed E-state index contributed by atoms with van der Waals surface area (Å²) in [5, 5.41) is 7.92. The van der Waals surface area contributed by atoms with Crippen molar-refractivity contribution in [2.75, 3.05) is 13.2 Å². The Morgan fingerprint density at radius 1 is 1.83 bits per heavy atom. The van der Waals surface area contributed by atoms with Crippen LogP contribution < -0.4 is 0 Å². The zero-order chi connectivity index (χ0) is 4.83. The largest absolute Gasteiger partial charge is 0.388 e. The molecular formula is C4H8O2. The van der Waals surface area contributed by atoms with E-state index < -0.39 is 0 Å². The van der Waals surface area contributed by atoms with E-state index in [1.54, 1.807) is 0 Å². The minimum atomic E-state index is 0.281. The molecule has 0 saturated carbocycles. The first-order chi connectivity index (χ1) is 2.91. The van der Waals surface area contributed by atoms with E-state index >= 15 is 0 Å². The van der Waals surface area contributed by atoms with E-state index in [4.69, 9.17) is 5.11 Å². The summed E-state index contributed by atoms with van der Waals surface area (Å²) in [4.78, 5) is 0. The van der Waals surface area contributed by atoms with Crippen LogP contribution in [0.4, 0.5) is 0 Å². The van der Waals surface area contributed by atoms with Crippen molar-refractivity contribution in [2.45, 2.75) is 0 Å². The molecular weight excluding hydrogens is 80.0 g/mol. The summed E-state index contributed by atoms with van der Waals surface area (Å²) < 4.78 is 4.57. The fourth-order valence-corrected chi connectivity index (χ4v) is 0.136. The van der Waals surface area contributed by atoms with Crippen molar-refractivity contribution < 1.29 is 9.84 Å². The minimum Gasteiger partial charge on any atom is -0.388 e. The van der Waals surface area contributed by atoms with Crippen LogP contribution in [0.15, 0.2) is 0 Å². The Kier molecular flexibility index (Phi) is 4.85. The smallest absolute Gasteiger partial charge is 0.105 e. The van der Waals surface area contributed by atoms with Crippen molar-refractivity contribution >= 4 is 0 Å². The van der Waals surface area contributed by atoms with Crippen molar-refractivity contribution in [3.05, 3.63) is 13.5 Å². The first kappa shape index (κ1) is 5.92. The summed E-state index contributed by atoms with van der Waals surface area (Å²) in [5.41, 5.74) is 0. The third-order valence-electron chi connectivity index (χ3n) is 0.337. The van der Waals surface area contributed by atoms with Gasteiger partial charge in [0.05, 0.1) is 6.61 Å². The molecule has 0 aromatic carbocycles. The first-order valence-corrected chi connectivity index (χ1v) is 1.74. The Balaban J connectivity index is 2.34. The Morgan fingerprint density at radius 3 is 2.67 bits per heavy atom. The molecule has 2 heteroatoms. The number of aliphatic hydroxyl groups excluding tert-OH is 1. The van der Waals surface area contributed by atoms with Gasteiger partial charge in [-0.2, -0.15) is 0 Å². The quantitative estimate of drug-likeness (QED) is 0.505. The highest BCUT2D eigenvalue weighted by Gasteiger charge is 1.74. The standard InChI is InChI=1S/C4H8O2/c1-2-6-4-3-5/h3,5H,1-2,4H2. The Hall–Kier alpha value is -0.0800. The molecule has 1 N–H and O–H groups in total. The number of hydrogen-bond acceptors (Lipinski definition) is 2. The molecule has 2 radical (unpaired) electrons. The molecule has 2 nitrogen and oxygen atoms in total. The lowest BCUT2D eigenvalue weighted by Crippen LogP contribution is -1.91. The summed E-state index contributed by atoms with van der Waals surface area (Å²) in [6, 6.07) is 0. The Morgan fingerprint density at radius 2 is 2.50 bits per heavy atom. The molecule has 0 unspecified atom stereocenters. The summed E-state index contributed by atoms with van der Waals surface area (Å²) in [6.45, 7) is 5.01. The second-order valence-electron chi connectivity index (χ2n) is 0.757. The zero-order valence-electron chi connectivity index (χ0n) is 3.55. The summed E-state index contributed by atoms with van der Waals surface area (Å²) in [5.74, 6) is 0. The summed E-state index contributed by atoms with van der Waals surface area (Å²) in [7, 11) is 0. The predicted molar refractivity (Wildman–Crippen MR) is 22.4 cm³/mol. The van der Waals surface area contributed by atoms with Gasteiger partial charge in [0.15, 0.2) is 0 Å². The van der Waals surface area contributed by atoms with E-state index in [-0.39, 0.29) is 6.61 Å². The van der Waals surface area contributed by atoms with Crippen molar-refractivity contribution in [1.82, 2.24) is 0 Å². The number of ether oxygens (including phenoxy) is 1. The van der Waals surface area contributed by atoms with Crippen LogP contribution in [0.2, 0.25) is 0 Å². The van der Waals surface area contributed by atoms with E-state index in [0.29, 0.717) is 6.61 Å². The van der Waals surface area contributed by atoms with Crippen molar-refractivity contribution in [3.63, 3.8) is 0 Å². The lowest BCUT2D eigenvalue weighted by molar-refractivity contribution is 0.146. The van der Waals surface area contributed by atoms with Crippen LogP contribution in [0.25, 0.3) is 0 Å². The average molecular weight is 88.1 g/mol. The topological polar surface area (TPSA) is 29.5 Å². The van der Waals surface area contributed by atoms with Gasteiger partial charge in [0.25, 0.3) is 0 Å². The summed E-state index contributed by atoms with van der Waals surface area (Å²) in [6.07, 6.45) is 0. The highest BCUT2D eigenvalue weighted by atomic mass is 16.5. The van der Waals surface area contributed by atoms with E-state index in [9.17, 15) is 0 Å². The van der Waals surface area contributed by atoms with Gasteiger partial charge < -0.3 is 9.84 Å². The Labute approximate surface area is 37.7 Å². The molecule has 0 rings (SSSR count).